The molecule has 0 unspecified atom stereocenters. The molecule has 3 aromatic carbocycles. The molecule has 10 nitrogen and oxygen atoms in total. The maximum absolute atomic E-state index is 12.9. The Morgan fingerprint density at radius 3 is 2.48 bits per heavy atom. The third-order valence-corrected chi connectivity index (χ3v) is 4.75. The van der Waals surface area contributed by atoms with Gasteiger partial charge < -0.3 is 10.4 Å². The van der Waals surface area contributed by atoms with Gasteiger partial charge in [-0.2, -0.15) is 9.67 Å². The summed E-state index contributed by atoms with van der Waals surface area (Å²) in [5.41, 5.74) is 0.817. The number of nitrogens with one attached hydrogen (secondary N) is 1. The van der Waals surface area contributed by atoms with E-state index in [1.165, 1.54) is 11.0 Å². The van der Waals surface area contributed by atoms with Crippen molar-refractivity contribution in [2.75, 3.05) is 5.32 Å². The summed E-state index contributed by atoms with van der Waals surface area (Å²) < 4.78 is 1.36. The molecule has 2 N–H and O–H groups in total. The van der Waals surface area contributed by atoms with Gasteiger partial charge in [0.25, 0.3) is 17.8 Å². The first kappa shape index (κ1) is 19.9. The van der Waals surface area contributed by atoms with Crippen LogP contribution in [0.2, 0.25) is 0 Å². The highest BCUT2D eigenvalue weighted by atomic mass is 16.3. The van der Waals surface area contributed by atoms with Crippen molar-refractivity contribution >= 4 is 34.0 Å². The van der Waals surface area contributed by atoms with Crippen molar-refractivity contribution in [3.63, 3.8) is 0 Å². The summed E-state index contributed by atoms with van der Waals surface area (Å²) >= 11 is 0. The normalized spacial score (nSPS) is 11.2. The highest BCUT2D eigenvalue weighted by molar-refractivity contribution is 6.11. The van der Waals surface area contributed by atoms with Crippen molar-refractivity contribution in [2.45, 2.75) is 0 Å². The van der Waals surface area contributed by atoms with Crippen LogP contribution in [-0.2, 0) is 0 Å². The van der Waals surface area contributed by atoms with E-state index in [0.29, 0.717) is 17.0 Å². The number of amides is 1. The molecule has 0 bridgehead atoms. The van der Waals surface area contributed by atoms with Crippen molar-refractivity contribution in [3.8, 4) is 11.7 Å². The molecule has 0 saturated carbocycles. The number of anilines is 1. The Labute approximate surface area is 187 Å². The molecule has 5 aromatic rings. The number of azo groups is 1. The van der Waals surface area contributed by atoms with E-state index in [1.807, 2.05) is 36.4 Å². The topological polar surface area (TPSA) is 131 Å². The van der Waals surface area contributed by atoms with E-state index >= 15 is 0 Å². The molecule has 2 heterocycles. The summed E-state index contributed by atoms with van der Waals surface area (Å²) in [7, 11) is 0. The van der Waals surface area contributed by atoms with E-state index in [2.05, 4.69) is 35.6 Å². The maximum Gasteiger partial charge on any atom is 0.287 e. The molecule has 0 saturated heterocycles. The van der Waals surface area contributed by atoms with Gasteiger partial charge in [0.15, 0.2) is 5.75 Å². The molecule has 0 aliphatic rings. The molecular formula is C23H16N8O2. The molecule has 2 aromatic heterocycles. The fourth-order valence-electron chi connectivity index (χ4n) is 3.21. The first-order valence-corrected chi connectivity index (χ1v) is 9.91. The lowest BCUT2D eigenvalue weighted by Crippen LogP contribution is -2.12. The van der Waals surface area contributed by atoms with Crippen LogP contribution in [0.1, 0.15) is 10.4 Å². The Hall–Kier alpha value is -4.99. The van der Waals surface area contributed by atoms with Crippen molar-refractivity contribution in [1.29, 1.82) is 0 Å². The van der Waals surface area contributed by atoms with Crippen molar-refractivity contribution in [2.24, 2.45) is 10.2 Å². The molecule has 0 radical (unpaired) electrons. The number of phenols is 1. The third kappa shape index (κ3) is 4.12. The highest BCUT2D eigenvalue weighted by Gasteiger charge is 2.18. The minimum atomic E-state index is -0.468. The van der Waals surface area contributed by atoms with Crippen LogP contribution in [0, 0.1) is 0 Å². The summed E-state index contributed by atoms with van der Waals surface area (Å²) in [6, 6.07) is 19.5. The molecule has 5 rings (SSSR count). The van der Waals surface area contributed by atoms with Crippen LogP contribution >= 0.6 is 0 Å². The number of aromatic hydroxyl groups is 1. The van der Waals surface area contributed by atoms with E-state index in [9.17, 15) is 9.90 Å². The standard InChI is InChI=1S/C23H16N8O2/c32-20-18(21(33)27-16-8-2-1-3-9-16)13-15-7-4-5-10-17(15)19(20)28-29-22-26-14-31(30-22)23-24-11-6-12-25-23/h1-14,32H,(H,27,33)/b29-28+. The first-order chi connectivity index (χ1) is 16.2. The molecule has 10 heteroatoms. The summed E-state index contributed by atoms with van der Waals surface area (Å²) in [5, 5.41) is 27.4. The number of rotatable bonds is 5. The van der Waals surface area contributed by atoms with Gasteiger partial charge in [0, 0.05) is 23.5 Å². The van der Waals surface area contributed by atoms with E-state index in [-0.39, 0.29) is 22.9 Å². The number of hydrogen-bond donors (Lipinski definition) is 2. The summed E-state index contributed by atoms with van der Waals surface area (Å²) in [6.45, 7) is 0. The van der Waals surface area contributed by atoms with Crippen LogP contribution in [0.25, 0.3) is 16.7 Å². The van der Waals surface area contributed by atoms with Gasteiger partial charge in [-0.05, 0) is 29.7 Å². The lowest BCUT2D eigenvalue weighted by molar-refractivity contribution is 0.102. The average Bonchev–Trinajstić information content (AvgIpc) is 3.33. The van der Waals surface area contributed by atoms with Gasteiger partial charge in [-0.1, -0.05) is 42.5 Å². The predicted molar refractivity (Wildman–Crippen MR) is 121 cm³/mol. The van der Waals surface area contributed by atoms with Gasteiger partial charge in [-0.15, -0.1) is 15.3 Å². The lowest BCUT2D eigenvalue weighted by Gasteiger charge is -2.11. The van der Waals surface area contributed by atoms with E-state index in [1.54, 1.807) is 42.7 Å². The quantitative estimate of drug-likeness (QED) is 0.388. The van der Waals surface area contributed by atoms with Gasteiger partial charge in [0.1, 0.15) is 12.0 Å². The number of aromatic nitrogens is 5. The molecule has 0 aliphatic heterocycles. The summed E-state index contributed by atoms with van der Waals surface area (Å²) in [5.74, 6) is -0.384. The molecular weight excluding hydrogens is 420 g/mol. The number of para-hydroxylation sites is 1. The fourth-order valence-corrected chi connectivity index (χ4v) is 3.21. The van der Waals surface area contributed by atoms with E-state index in [4.69, 9.17) is 0 Å². The molecule has 0 atom stereocenters. The maximum atomic E-state index is 12.9. The largest absolute Gasteiger partial charge is 0.505 e. The summed E-state index contributed by atoms with van der Waals surface area (Å²) in [4.78, 5) is 25.1. The monoisotopic (exact) mass is 436 g/mol. The van der Waals surface area contributed by atoms with Gasteiger partial charge in [-0.25, -0.2) is 9.97 Å². The van der Waals surface area contributed by atoms with Crippen LogP contribution in [-0.4, -0.2) is 35.7 Å². The molecule has 33 heavy (non-hydrogen) atoms. The van der Waals surface area contributed by atoms with Gasteiger partial charge in [-0.3, -0.25) is 4.79 Å². The number of hydrogen-bond acceptors (Lipinski definition) is 8. The predicted octanol–water partition coefficient (Wildman–Crippen LogP) is 4.58. The van der Waals surface area contributed by atoms with Gasteiger partial charge >= 0.3 is 0 Å². The number of carbonyl (C=O) groups is 1. The zero-order chi connectivity index (χ0) is 22.6. The Kier molecular flexibility index (Phi) is 5.22. The Morgan fingerprint density at radius 2 is 1.67 bits per heavy atom. The Balaban J connectivity index is 1.52. The number of benzene rings is 3. The van der Waals surface area contributed by atoms with Crippen LogP contribution in [0.4, 0.5) is 17.3 Å². The zero-order valence-electron chi connectivity index (χ0n) is 17.1. The lowest BCUT2D eigenvalue weighted by atomic mass is 10.0. The van der Waals surface area contributed by atoms with Crippen molar-refractivity contribution < 1.29 is 9.90 Å². The SMILES string of the molecule is O=C(Nc1ccccc1)c1cc2ccccc2c(/N=N/c2ncn(-c3ncccn3)n2)c1O. The Bertz CT molecular complexity index is 1470. The minimum Gasteiger partial charge on any atom is -0.505 e. The number of nitrogens with zero attached hydrogens (tertiary/aromatic N) is 7. The van der Waals surface area contributed by atoms with Crippen LogP contribution < -0.4 is 5.32 Å². The van der Waals surface area contributed by atoms with Gasteiger partial charge in [0.2, 0.25) is 0 Å². The highest BCUT2D eigenvalue weighted by Crippen LogP contribution is 2.39. The Morgan fingerprint density at radius 1 is 0.909 bits per heavy atom. The van der Waals surface area contributed by atoms with Crippen molar-refractivity contribution in [3.05, 3.63) is 91.0 Å². The molecule has 1 amide bonds. The molecule has 160 valence electrons. The van der Waals surface area contributed by atoms with Crippen LogP contribution in [0.15, 0.2) is 95.7 Å². The summed E-state index contributed by atoms with van der Waals surface area (Å²) in [6.07, 6.45) is 4.58. The first-order valence-electron chi connectivity index (χ1n) is 9.91. The third-order valence-electron chi connectivity index (χ3n) is 4.75. The minimum absolute atomic E-state index is 0.0464. The smallest absolute Gasteiger partial charge is 0.287 e. The second-order valence-electron chi connectivity index (χ2n) is 6.90. The molecule has 0 spiro atoms. The van der Waals surface area contributed by atoms with Crippen LogP contribution in [0.5, 0.6) is 5.75 Å². The second kappa shape index (κ2) is 8.63. The number of phenolic OH excluding ortho intramolecular Hbond substituents is 1. The van der Waals surface area contributed by atoms with Crippen molar-refractivity contribution in [1.82, 2.24) is 24.7 Å². The second-order valence-corrected chi connectivity index (χ2v) is 6.90. The molecule has 0 fully saturated rings. The van der Waals surface area contributed by atoms with E-state index < -0.39 is 5.91 Å². The van der Waals surface area contributed by atoms with E-state index in [0.717, 1.165) is 5.39 Å². The number of carbonyl (C=O) groups excluding carboxylic acids is 1. The van der Waals surface area contributed by atoms with Gasteiger partial charge in [0.05, 0.1) is 5.56 Å². The fraction of sp³-hybridized carbons (Fsp3) is 0. The zero-order valence-corrected chi connectivity index (χ0v) is 17.1. The number of fused-ring (bicyclic) bond motifs is 1. The van der Waals surface area contributed by atoms with Crippen LogP contribution in [0.3, 0.4) is 0 Å². The molecule has 0 aliphatic carbocycles. The average molecular weight is 436 g/mol.